The van der Waals surface area contributed by atoms with Crippen LogP contribution in [0.25, 0.3) is 10.8 Å². The van der Waals surface area contributed by atoms with Crippen molar-refractivity contribution in [1.29, 1.82) is 0 Å². The first-order valence-electron chi connectivity index (χ1n) is 11.4. The molecule has 7 heteroatoms. The van der Waals surface area contributed by atoms with Crippen LogP contribution in [0.1, 0.15) is 27.0 Å². The van der Waals surface area contributed by atoms with Crippen molar-refractivity contribution in [3.63, 3.8) is 0 Å². The second-order valence-electron chi connectivity index (χ2n) is 8.70. The van der Waals surface area contributed by atoms with E-state index in [4.69, 9.17) is 0 Å². The van der Waals surface area contributed by atoms with Crippen molar-refractivity contribution in [2.24, 2.45) is 0 Å². The number of rotatable bonds is 7. The van der Waals surface area contributed by atoms with Crippen LogP contribution in [0.2, 0.25) is 0 Å². The monoisotopic (exact) mass is 502 g/mol. The Hall–Kier alpha value is -3.29. The Kier molecular flexibility index (Phi) is 6.30. The number of anilines is 2. The van der Waals surface area contributed by atoms with Crippen LogP contribution < -0.4 is 9.62 Å². The fourth-order valence-electron chi connectivity index (χ4n) is 4.69. The molecular weight excluding hydrogens is 476 g/mol. The SMILES string of the molecule is CSc1ccccc1N(Cc1ccc(C(=O)Nc2ccc3c4c(cccc24)CC3)cc1)S(C)(=O)=O. The number of amides is 1. The molecule has 1 N–H and O–H groups in total. The van der Waals surface area contributed by atoms with E-state index in [2.05, 4.69) is 23.5 Å². The molecule has 5 nitrogen and oxygen atoms in total. The number of nitrogens with one attached hydrogen (secondary N) is 1. The van der Waals surface area contributed by atoms with Crippen molar-refractivity contribution in [2.45, 2.75) is 24.3 Å². The van der Waals surface area contributed by atoms with E-state index >= 15 is 0 Å². The highest BCUT2D eigenvalue weighted by atomic mass is 32.2. The van der Waals surface area contributed by atoms with Crippen molar-refractivity contribution >= 4 is 49.8 Å². The zero-order valence-corrected chi connectivity index (χ0v) is 21.2. The second kappa shape index (κ2) is 9.40. The number of sulfonamides is 1. The average molecular weight is 503 g/mol. The van der Waals surface area contributed by atoms with Gasteiger partial charge in [0.2, 0.25) is 10.0 Å². The molecule has 1 aliphatic carbocycles. The van der Waals surface area contributed by atoms with Gasteiger partial charge in [-0.05, 0) is 71.5 Å². The Balaban J connectivity index is 1.37. The first-order chi connectivity index (χ1) is 16.8. The topological polar surface area (TPSA) is 66.5 Å². The summed E-state index contributed by atoms with van der Waals surface area (Å²) in [6, 6.07) is 24.9. The molecule has 1 aliphatic rings. The standard InChI is InChI=1S/C28H26N2O3S2/c1-34-26-9-4-3-8-25(26)30(35(2,32)33)18-19-10-12-22(13-11-19)28(31)29-24-17-16-21-15-14-20-6-5-7-23(24)27(20)21/h3-13,16-17H,14-15,18H2,1-2H3,(H,29,31). The summed E-state index contributed by atoms with van der Waals surface area (Å²) in [7, 11) is -3.50. The third kappa shape index (κ3) is 4.66. The normalized spacial score (nSPS) is 12.6. The van der Waals surface area contributed by atoms with E-state index in [-0.39, 0.29) is 12.5 Å². The third-order valence-electron chi connectivity index (χ3n) is 6.42. The predicted octanol–water partition coefficient (Wildman–Crippen LogP) is 5.88. The van der Waals surface area contributed by atoms with Gasteiger partial charge in [0.1, 0.15) is 0 Å². The summed E-state index contributed by atoms with van der Waals surface area (Å²) in [5, 5.41) is 5.39. The molecule has 4 aromatic rings. The third-order valence-corrected chi connectivity index (χ3v) is 8.33. The Morgan fingerprint density at radius 3 is 2.34 bits per heavy atom. The summed E-state index contributed by atoms with van der Waals surface area (Å²) >= 11 is 1.50. The molecule has 0 aromatic heterocycles. The highest BCUT2D eigenvalue weighted by Crippen LogP contribution is 2.35. The number of hydrogen-bond donors (Lipinski definition) is 1. The van der Waals surface area contributed by atoms with Crippen molar-refractivity contribution in [3.05, 3.63) is 101 Å². The minimum Gasteiger partial charge on any atom is -0.321 e. The van der Waals surface area contributed by atoms with Gasteiger partial charge in [-0.3, -0.25) is 9.10 Å². The number of benzene rings is 4. The molecule has 0 fully saturated rings. The summed E-state index contributed by atoms with van der Waals surface area (Å²) in [5.41, 5.74) is 5.43. The van der Waals surface area contributed by atoms with E-state index in [1.54, 1.807) is 12.1 Å². The van der Waals surface area contributed by atoms with Crippen molar-refractivity contribution in [2.75, 3.05) is 22.1 Å². The molecule has 1 amide bonds. The molecule has 0 spiro atoms. The molecule has 35 heavy (non-hydrogen) atoms. The predicted molar refractivity (Wildman–Crippen MR) is 145 cm³/mol. The molecule has 0 heterocycles. The van der Waals surface area contributed by atoms with Gasteiger partial charge in [-0.2, -0.15) is 0 Å². The summed E-state index contributed by atoms with van der Waals surface area (Å²) in [6.45, 7) is 0.188. The largest absolute Gasteiger partial charge is 0.321 e. The van der Waals surface area contributed by atoms with Crippen LogP contribution in [0, 0.1) is 0 Å². The first-order valence-corrected chi connectivity index (χ1v) is 14.5. The van der Waals surface area contributed by atoms with Crippen molar-refractivity contribution in [3.8, 4) is 0 Å². The molecule has 4 aromatic carbocycles. The summed E-state index contributed by atoms with van der Waals surface area (Å²) in [4.78, 5) is 13.9. The molecular formula is C28H26N2O3S2. The minimum atomic E-state index is -3.50. The number of thioether (sulfide) groups is 1. The van der Waals surface area contributed by atoms with Crippen LogP contribution in [0.3, 0.4) is 0 Å². The molecule has 0 saturated heterocycles. The van der Waals surface area contributed by atoms with E-state index in [9.17, 15) is 13.2 Å². The highest BCUT2D eigenvalue weighted by molar-refractivity contribution is 7.99. The maximum Gasteiger partial charge on any atom is 0.255 e. The maximum atomic E-state index is 13.0. The van der Waals surface area contributed by atoms with E-state index in [1.165, 1.54) is 38.8 Å². The van der Waals surface area contributed by atoms with Crippen molar-refractivity contribution < 1.29 is 13.2 Å². The first kappa shape index (κ1) is 23.5. The van der Waals surface area contributed by atoms with Crippen LogP contribution in [-0.4, -0.2) is 26.8 Å². The molecule has 0 aliphatic heterocycles. The fourth-order valence-corrected chi connectivity index (χ4v) is 6.25. The number of para-hydroxylation sites is 1. The van der Waals surface area contributed by atoms with Crippen LogP contribution in [-0.2, 0) is 29.4 Å². The van der Waals surface area contributed by atoms with Gasteiger partial charge in [0, 0.05) is 21.5 Å². The van der Waals surface area contributed by atoms with E-state index in [0.29, 0.717) is 11.3 Å². The number of hydrogen-bond acceptors (Lipinski definition) is 4. The lowest BCUT2D eigenvalue weighted by molar-refractivity contribution is 0.102. The number of aryl methyl sites for hydroxylation is 2. The lowest BCUT2D eigenvalue weighted by Gasteiger charge is -2.24. The van der Waals surface area contributed by atoms with Crippen LogP contribution in [0.4, 0.5) is 11.4 Å². The highest BCUT2D eigenvalue weighted by Gasteiger charge is 2.21. The van der Waals surface area contributed by atoms with Gasteiger partial charge in [0.15, 0.2) is 0 Å². The lowest BCUT2D eigenvalue weighted by atomic mass is 10.0. The molecule has 5 rings (SSSR count). The minimum absolute atomic E-state index is 0.188. The van der Waals surface area contributed by atoms with Gasteiger partial charge in [0.25, 0.3) is 5.91 Å². The van der Waals surface area contributed by atoms with Crippen LogP contribution in [0.15, 0.2) is 83.8 Å². The zero-order chi connectivity index (χ0) is 24.6. The Labute approximate surface area is 210 Å². The Morgan fingerprint density at radius 1 is 0.914 bits per heavy atom. The van der Waals surface area contributed by atoms with Gasteiger partial charge < -0.3 is 5.32 Å². The number of carbonyl (C=O) groups excluding carboxylic acids is 1. The van der Waals surface area contributed by atoms with Gasteiger partial charge in [-0.1, -0.05) is 48.5 Å². The van der Waals surface area contributed by atoms with Gasteiger partial charge in [-0.25, -0.2) is 8.42 Å². The van der Waals surface area contributed by atoms with Gasteiger partial charge in [-0.15, -0.1) is 11.8 Å². The molecule has 0 atom stereocenters. The van der Waals surface area contributed by atoms with Gasteiger partial charge in [0.05, 0.1) is 18.5 Å². The Morgan fingerprint density at radius 2 is 1.63 bits per heavy atom. The maximum absolute atomic E-state index is 13.0. The molecule has 0 saturated carbocycles. The zero-order valence-electron chi connectivity index (χ0n) is 19.6. The summed E-state index contributed by atoms with van der Waals surface area (Å²) < 4.78 is 26.6. The quantitative estimate of drug-likeness (QED) is 0.321. The Bertz CT molecular complexity index is 1520. The smallest absolute Gasteiger partial charge is 0.255 e. The number of carbonyl (C=O) groups is 1. The molecule has 0 unspecified atom stereocenters. The van der Waals surface area contributed by atoms with E-state index < -0.39 is 10.0 Å². The average Bonchev–Trinajstić information content (AvgIpc) is 3.28. The molecule has 0 bridgehead atoms. The second-order valence-corrected chi connectivity index (χ2v) is 11.5. The van der Waals surface area contributed by atoms with Crippen LogP contribution in [0.5, 0.6) is 0 Å². The molecule has 0 radical (unpaired) electrons. The summed E-state index contributed by atoms with van der Waals surface area (Å²) in [5.74, 6) is -0.192. The number of nitrogens with zero attached hydrogens (tertiary/aromatic N) is 1. The fraction of sp³-hybridized carbons (Fsp3) is 0.179. The van der Waals surface area contributed by atoms with Crippen LogP contribution >= 0.6 is 11.8 Å². The van der Waals surface area contributed by atoms with Gasteiger partial charge >= 0.3 is 0 Å². The lowest BCUT2D eigenvalue weighted by Crippen LogP contribution is -2.29. The van der Waals surface area contributed by atoms with E-state index in [1.807, 2.05) is 54.8 Å². The summed E-state index contributed by atoms with van der Waals surface area (Å²) in [6.07, 6.45) is 5.22. The molecule has 178 valence electrons. The van der Waals surface area contributed by atoms with E-state index in [0.717, 1.165) is 34.4 Å². The van der Waals surface area contributed by atoms with Crippen molar-refractivity contribution in [1.82, 2.24) is 0 Å².